The van der Waals surface area contributed by atoms with Crippen molar-refractivity contribution in [3.63, 3.8) is 0 Å². The highest BCUT2D eigenvalue weighted by molar-refractivity contribution is 7.96. The molecule has 0 bridgehead atoms. The van der Waals surface area contributed by atoms with Crippen molar-refractivity contribution in [1.29, 1.82) is 0 Å². The maximum Gasteiger partial charge on any atom is 0.241 e. The Morgan fingerprint density at radius 2 is 1.96 bits per heavy atom. The van der Waals surface area contributed by atoms with E-state index in [1.54, 1.807) is 18.2 Å². The average molecular weight is 381 g/mol. The number of carbonyl (C=O) groups is 1. The van der Waals surface area contributed by atoms with Gasteiger partial charge in [-0.05, 0) is 24.3 Å². The van der Waals surface area contributed by atoms with Crippen molar-refractivity contribution in [1.82, 2.24) is 4.72 Å². The highest BCUT2D eigenvalue weighted by atomic mass is 32.2. The molecule has 5 nitrogen and oxygen atoms in total. The van der Waals surface area contributed by atoms with E-state index in [-0.39, 0.29) is 16.4 Å². The van der Waals surface area contributed by atoms with Crippen LogP contribution in [-0.4, -0.2) is 20.1 Å². The minimum Gasteiger partial charge on any atom is -0.493 e. The van der Waals surface area contributed by atoms with Crippen molar-refractivity contribution in [2.45, 2.75) is 23.8 Å². The minimum atomic E-state index is -3.81. The van der Waals surface area contributed by atoms with Gasteiger partial charge in [0.2, 0.25) is 10.0 Å². The summed E-state index contributed by atoms with van der Waals surface area (Å²) in [6, 6.07) is 9.41. The first kappa shape index (κ1) is 17.9. The number of ether oxygens (including phenoxy) is 1. The fraction of sp³-hybridized carbons (Fsp3) is 0.235. The number of halogens is 1. The number of benzene rings is 2. The van der Waals surface area contributed by atoms with E-state index in [9.17, 15) is 17.6 Å². The second kappa shape index (κ2) is 7.15. The molecule has 0 saturated heterocycles. The maximum atomic E-state index is 13.0. The Hall–Kier alpha value is -1.90. The first-order valence-corrected chi connectivity index (χ1v) is 9.54. The molecule has 1 aliphatic heterocycles. The molecule has 1 N–H and O–H groups in total. The maximum absolute atomic E-state index is 13.0. The Labute approximate surface area is 150 Å². The lowest BCUT2D eigenvalue weighted by atomic mass is 9.97. The highest BCUT2D eigenvalue weighted by Crippen LogP contribution is 2.36. The molecule has 0 amide bonds. The van der Waals surface area contributed by atoms with Crippen LogP contribution in [0.5, 0.6) is 5.75 Å². The summed E-state index contributed by atoms with van der Waals surface area (Å²) in [5, 5.41) is -0.300. The van der Waals surface area contributed by atoms with E-state index < -0.39 is 21.9 Å². The Balaban J connectivity index is 1.91. The van der Waals surface area contributed by atoms with E-state index in [2.05, 4.69) is 17.4 Å². The molecule has 1 heterocycles. The molecule has 2 aromatic rings. The SMILES string of the molecule is O=C(S)Cc1cccc2c1OCCC2NS(=O)(=O)c1ccc(F)cc1. The Bertz CT molecular complexity index is 897. The van der Waals surface area contributed by atoms with Crippen LogP contribution in [-0.2, 0) is 21.2 Å². The summed E-state index contributed by atoms with van der Waals surface area (Å²) < 4.78 is 46.4. The first-order chi connectivity index (χ1) is 11.9. The lowest BCUT2D eigenvalue weighted by Crippen LogP contribution is -2.32. The molecule has 0 aliphatic carbocycles. The molecular weight excluding hydrogens is 365 g/mol. The van der Waals surface area contributed by atoms with E-state index in [1.165, 1.54) is 12.1 Å². The quantitative estimate of drug-likeness (QED) is 0.781. The summed E-state index contributed by atoms with van der Waals surface area (Å²) in [5.41, 5.74) is 1.34. The zero-order valence-corrected chi connectivity index (χ0v) is 14.8. The van der Waals surface area contributed by atoms with Gasteiger partial charge in [-0.15, -0.1) is 12.6 Å². The van der Waals surface area contributed by atoms with Gasteiger partial charge in [0.25, 0.3) is 0 Å². The number of rotatable bonds is 5. The summed E-state index contributed by atoms with van der Waals surface area (Å²) in [7, 11) is -3.81. The Kier molecular flexibility index (Phi) is 5.12. The lowest BCUT2D eigenvalue weighted by Gasteiger charge is -2.28. The smallest absolute Gasteiger partial charge is 0.241 e. The van der Waals surface area contributed by atoms with Crippen molar-refractivity contribution in [2.75, 3.05) is 6.61 Å². The normalized spacial score (nSPS) is 16.8. The largest absolute Gasteiger partial charge is 0.493 e. The van der Waals surface area contributed by atoms with Gasteiger partial charge in [0.15, 0.2) is 5.12 Å². The molecule has 1 aliphatic rings. The molecule has 1 atom stereocenters. The van der Waals surface area contributed by atoms with Crippen LogP contribution in [0.1, 0.15) is 23.6 Å². The van der Waals surface area contributed by atoms with Gasteiger partial charge in [-0.3, -0.25) is 4.79 Å². The van der Waals surface area contributed by atoms with Crippen LogP contribution in [0.4, 0.5) is 4.39 Å². The predicted molar refractivity (Wildman–Crippen MR) is 93.7 cm³/mol. The van der Waals surface area contributed by atoms with Crippen LogP contribution in [0.2, 0.25) is 0 Å². The fourth-order valence-corrected chi connectivity index (χ4v) is 4.20. The molecule has 132 valence electrons. The second-order valence-corrected chi connectivity index (χ2v) is 7.88. The molecule has 25 heavy (non-hydrogen) atoms. The van der Waals surface area contributed by atoms with Gasteiger partial charge >= 0.3 is 0 Å². The van der Waals surface area contributed by atoms with E-state index in [4.69, 9.17) is 4.74 Å². The van der Waals surface area contributed by atoms with Crippen LogP contribution < -0.4 is 9.46 Å². The number of para-hydroxylation sites is 1. The first-order valence-electron chi connectivity index (χ1n) is 7.61. The Morgan fingerprint density at radius 1 is 1.24 bits per heavy atom. The van der Waals surface area contributed by atoms with E-state index in [0.29, 0.717) is 29.9 Å². The summed E-state index contributed by atoms with van der Waals surface area (Å²) in [6.45, 7) is 0.321. The lowest BCUT2D eigenvalue weighted by molar-refractivity contribution is -0.110. The highest BCUT2D eigenvalue weighted by Gasteiger charge is 2.28. The number of hydrogen-bond donors (Lipinski definition) is 2. The summed E-state index contributed by atoms with van der Waals surface area (Å²) in [5.74, 6) is 0.0133. The van der Waals surface area contributed by atoms with Crippen molar-refractivity contribution in [2.24, 2.45) is 0 Å². The average Bonchev–Trinajstić information content (AvgIpc) is 2.55. The fourth-order valence-electron chi connectivity index (χ4n) is 2.78. The van der Waals surface area contributed by atoms with Gasteiger partial charge in [0.1, 0.15) is 11.6 Å². The Morgan fingerprint density at radius 3 is 2.64 bits per heavy atom. The molecule has 8 heteroatoms. The van der Waals surface area contributed by atoms with Crippen molar-refractivity contribution in [3.05, 3.63) is 59.4 Å². The van der Waals surface area contributed by atoms with E-state index in [0.717, 1.165) is 12.1 Å². The van der Waals surface area contributed by atoms with Gasteiger partial charge in [-0.25, -0.2) is 17.5 Å². The number of carbonyl (C=O) groups excluding carboxylic acids is 1. The monoisotopic (exact) mass is 381 g/mol. The molecule has 0 saturated carbocycles. The third-order valence-corrected chi connectivity index (χ3v) is 5.56. The van der Waals surface area contributed by atoms with E-state index in [1.807, 2.05) is 0 Å². The number of sulfonamides is 1. The van der Waals surface area contributed by atoms with Gasteiger partial charge < -0.3 is 4.74 Å². The molecule has 0 spiro atoms. The zero-order valence-electron chi connectivity index (χ0n) is 13.1. The zero-order chi connectivity index (χ0) is 18.0. The van der Waals surface area contributed by atoms with Crippen LogP contribution in [0, 0.1) is 5.82 Å². The second-order valence-electron chi connectivity index (χ2n) is 5.67. The standard InChI is InChI=1S/C17H16FNO4S2/c18-12-4-6-13(7-5-12)25(21,22)19-15-8-9-23-17-11(10-16(20)24)2-1-3-14(15)17/h1-7,15,19H,8-10H2,(H,20,24). The van der Waals surface area contributed by atoms with E-state index >= 15 is 0 Å². The molecule has 0 radical (unpaired) electrons. The predicted octanol–water partition coefficient (Wildman–Crippen LogP) is 2.63. The molecule has 0 aromatic heterocycles. The van der Waals surface area contributed by atoms with Crippen LogP contribution in [0.15, 0.2) is 47.4 Å². The topological polar surface area (TPSA) is 72.5 Å². The minimum absolute atomic E-state index is 0.0105. The van der Waals surface area contributed by atoms with Crippen LogP contribution in [0.3, 0.4) is 0 Å². The van der Waals surface area contributed by atoms with Gasteiger partial charge in [-0.2, -0.15) is 0 Å². The number of thiol groups is 1. The summed E-state index contributed by atoms with van der Waals surface area (Å²) in [6.07, 6.45) is 0.551. The summed E-state index contributed by atoms with van der Waals surface area (Å²) >= 11 is 3.79. The molecule has 3 rings (SSSR count). The molecule has 2 aromatic carbocycles. The number of fused-ring (bicyclic) bond motifs is 1. The van der Waals surface area contributed by atoms with Crippen molar-refractivity contribution >= 4 is 27.8 Å². The molecule has 0 fully saturated rings. The number of nitrogens with one attached hydrogen (secondary N) is 1. The number of hydrogen-bond acceptors (Lipinski definition) is 4. The van der Waals surface area contributed by atoms with Crippen LogP contribution >= 0.6 is 12.6 Å². The summed E-state index contributed by atoms with van der Waals surface area (Å²) in [4.78, 5) is 11.3. The van der Waals surface area contributed by atoms with Gasteiger partial charge in [0.05, 0.1) is 17.5 Å². The van der Waals surface area contributed by atoms with Crippen molar-refractivity contribution in [3.8, 4) is 5.75 Å². The third kappa shape index (κ3) is 4.02. The third-order valence-electron chi connectivity index (χ3n) is 3.92. The van der Waals surface area contributed by atoms with Gasteiger partial charge in [-0.1, -0.05) is 18.2 Å². The molecule has 1 unspecified atom stereocenters. The van der Waals surface area contributed by atoms with Gasteiger partial charge in [0, 0.05) is 24.0 Å². The van der Waals surface area contributed by atoms with Crippen LogP contribution in [0.25, 0.3) is 0 Å². The van der Waals surface area contributed by atoms with Crippen molar-refractivity contribution < 1.29 is 22.3 Å². The molecular formula is C17H16FNO4S2.